The zero-order valence-electron chi connectivity index (χ0n) is 11.5. The van der Waals surface area contributed by atoms with Gasteiger partial charge in [0.15, 0.2) is 0 Å². The van der Waals surface area contributed by atoms with Crippen LogP contribution in [0.15, 0.2) is 12.1 Å². The molecule has 1 aromatic carbocycles. The summed E-state index contributed by atoms with van der Waals surface area (Å²) >= 11 is 0. The largest absolute Gasteiger partial charge is 0.496 e. The van der Waals surface area contributed by atoms with E-state index in [1.54, 1.807) is 14.2 Å². The molecule has 3 heteroatoms. The molecule has 0 aliphatic rings. The van der Waals surface area contributed by atoms with E-state index in [0.29, 0.717) is 6.04 Å². The van der Waals surface area contributed by atoms with Gasteiger partial charge in [-0.25, -0.2) is 0 Å². The molecule has 0 saturated carbocycles. The lowest BCUT2D eigenvalue weighted by Crippen LogP contribution is -2.29. The van der Waals surface area contributed by atoms with E-state index >= 15 is 0 Å². The van der Waals surface area contributed by atoms with Crippen LogP contribution in [0.25, 0.3) is 0 Å². The van der Waals surface area contributed by atoms with Gasteiger partial charge in [-0.05, 0) is 43.5 Å². The smallest absolute Gasteiger partial charge is 0.122 e. The van der Waals surface area contributed by atoms with Gasteiger partial charge in [0.1, 0.15) is 5.75 Å². The molecule has 17 heavy (non-hydrogen) atoms. The Bertz CT molecular complexity index is 363. The minimum atomic E-state index is 0.363. The summed E-state index contributed by atoms with van der Waals surface area (Å²) in [5, 5.41) is 3.44. The van der Waals surface area contributed by atoms with E-state index in [0.717, 1.165) is 18.9 Å². The molecule has 0 heterocycles. The molecule has 1 rings (SSSR count). The van der Waals surface area contributed by atoms with Crippen molar-refractivity contribution < 1.29 is 9.47 Å². The molecule has 0 spiro atoms. The van der Waals surface area contributed by atoms with Gasteiger partial charge < -0.3 is 14.8 Å². The maximum absolute atomic E-state index is 5.30. The third-order valence-corrected chi connectivity index (χ3v) is 2.91. The van der Waals surface area contributed by atoms with Crippen LogP contribution < -0.4 is 10.1 Å². The summed E-state index contributed by atoms with van der Waals surface area (Å²) in [7, 11) is 3.43. The Kier molecular flexibility index (Phi) is 5.45. The van der Waals surface area contributed by atoms with Gasteiger partial charge in [-0.3, -0.25) is 0 Å². The zero-order chi connectivity index (χ0) is 12.8. The van der Waals surface area contributed by atoms with Gasteiger partial charge in [0.05, 0.1) is 13.7 Å². The van der Waals surface area contributed by atoms with E-state index in [1.807, 2.05) is 0 Å². The normalized spacial score (nSPS) is 12.5. The van der Waals surface area contributed by atoms with Gasteiger partial charge in [-0.15, -0.1) is 0 Å². The fraction of sp³-hybridized carbons (Fsp3) is 0.571. The third kappa shape index (κ3) is 4.02. The zero-order valence-corrected chi connectivity index (χ0v) is 11.5. The monoisotopic (exact) mass is 237 g/mol. The molecule has 96 valence electrons. The maximum atomic E-state index is 5.30. The number of nitrogens with one attached hydrogen (secondary N) is 1. The molecule has 0 bridgehead atoms. The SMILES string of the molecule is COCC(C)NCc1cc(C)c(OC)cc1C. The molecule has 0 aromatic heterocycles. The fourth-order valence-electron chi connectivity index (χ4n) is 1.85. The molecule has 1 aromatic rings. The van der Waals surface area contributed by atoms with E-state index in [1.165, 1.54) is 16.7 Å². The molecular formula is C14H23NO2. The van der Waals surface area contributed by atoms with E-state index in [9.17, 15) is 0 Å². The summed E-state index contributed by atoms with van der Waals surface area (Å²) in [6.07, 6.45) is 0. The highest BCUT2D eigenvalue weighted by Gasteiger charge is 2.06. The average Bonchev–Trinajstić information content (AvgIpc) is 2.30. The molecule has 0 fully saturated rings. The van der Waals surface area contributed by atoms with Crippen molar-refractivity contribution >= 4 is 0 Å². The Labute approximate surface area is 104 Å². The van der Waals surface area contributed by atoms with Crippen LogP contribution in [0.4, 0.5) is 0 Å². The van der Waals surface area contributed by atoms with Crippen molar-refractivity contribution in [1.29, 1.82) is 0 Å². The quantitative estimate of drug-likeness (QED) is 0.824. The molecule has 0 aliphatic carbocycles. The summed E-state index contributed by atoms with van der Waals surface area (Å²) in [5.74, 6) is 0.955. The van der Waals surface area contributed by atoms with Crippen LogP contribution in [0.3, 0.4) is 0 Å². The Morgan fingerprint density at radius 2 is 1.88 bits per heavy atom. The summed E-state index contributed by atoms with van der Waals surface area (Å²) < 4.78 is 10.4. The number of hydrogen-bond acceptors (Lipinski definition) is 3. The van der Waals surface area contributed by atoms with Crippen molar-refractivity contribution in [3.63, 3.8) is 0 Å². The summed E-state index contributed by atoms with van der Waals surface area (Å²) in [6.45, 7) is 7.89. The standard InChI is InChI=1S/C14H23NO2/c1-10-7-14(17-5)11(2)6-13(10)8-15-12(3)9-16-4/h6-7,12,15H,8-9H2,1-5H3. The van der Waals surface area contributed by atoms with E-state index in [4.69, 9.17) is 9.47 Å². The molecule has 1 N–H and O–H groups in total. The average molecular weight is 237 g/mol. The number of aryl methyl sites for hydroxylation is 2. The molecule has 0 aliphatic heterocycles. The van der Waals surface area contributed by atoms with Crippen LogP contribution in [-0.4, -0.2) is 26.9 Å². The van der Waals surface area contributed by atoms with E-state index in [-0.39, 0.29) is 0 Å². The van der Waals surface area contributed by atoms with Crippen molar-refractivity contribution in [3.8, 4) is 5.75 Å². The summed E-state index contributed by atoms with van der Waals surface area (Å²) in [5.41, 5.74) is 3.74. The van der Waals surface area contributed by atoms with Crippen LogP contribution in [0, 0.1) is 13.8 Å². The van der Waals surface area contributed by atoms with Gasteiger partial charge in [0.25, 0.3) is 0 Å². The van der Waals surface area contributed by atoms with Crippen molar-refractivity contribution in [3.05, 3.63) is 28.8 Å². The first kappa shape index (κ1) is 14.0. The Hall–Kier alpha value is -1.06. The van der Waals surface area contributed by atoms with Crippen molar-refractivity contribution in [1.82, 2.24) is 5.32 Å². The first-order valence-electron chi connectivity index (χ1n) is 5.95. The molecule has 1 atom stereocenters. The number of benzene rings is 1. The minimum absolute atomic E-state index is 0.363. The lowest BCUT2D eigenvalue weighted by atomic mass is 10.0. The predicted octanol–water partition coefficient (Wildman–Crippen LogP) is 2.44. The number of rotatable bonds is 6. The van der Waals surface area contributed by atoms with Crippen LogP contribution in [0.5, 0.6) is 5.75 Å². The van der Waals surface area contributed by atoms with Crippen molar-refractivity contribution in [2.24, 2.45) is 0 Å². The van der Waals surface area contributed by atoms with Crippen LogP contribution in [-0.2, 0) is 11.3 Å². The van der Waals surface area contributed by atoms with Crippen molar-refractivity contribution in [2.45, 2.75) is 33.4 Å². The molecular weight excluding hydrogens is 214 g/mol. The molecule has 0 radical (unpaired) electrons. The predicted molar refractivity (Wildman–Crippen MR) is 70.6 cm³/mol. The fourth-order valence-corrected chi connectivity index (χ4v) is 1.85. The van der Waals surface area contributed by atoms with Crippen LogP contribution in [0.1, 0.15) is 23.6 Å². The van der Waals surface area contributed by atoms with Gasteiger partial charge in [-0.1, -0.05) is 6.07 Å². The van der Waals surface area contributed by atoms with Crippen LogP contribution >= 0.6 is 0 Å². The second-order valence-corrected chi connectivity index (χ2v) is 4.49. The Balaban J connectivity index is 2.68. The van der Waals surface area contributed by atoms with Crippen molar-refractivity contribution in [2.75, 3.05) is 20.8 Å². The highest BCUT2D eigenvalue weighted by atomic mass is 16.5. The Morgan fingerprint density at radius 1 is 1.18 bits per heavy atom. The third-order valence-electron chi connectivity index (χ3n) is 2.91. The second-order valence-electron chi connectivity index (χ2n) is 4.49. The van der Waals surface area contributed by atoms with E-state index < -0.39 is 0 Å². The number of methoxy groups -OCH3 is 2. The highest BCUT2D eigenvalue weighted by Crippen LogP contribution is 2.22. The van der Waals surface area contributed by atoms with E-state index in [2.05, 4.69) is 38.2 Å². The van der Waals surface area contributed by atoms with Gasteiger partial charge in [0, 0.05) is 19.7 Å². The van der Waals surface area contributed by atoms with Gasteiger partial charge in [0.2, 0.25) is 0 Å². The van der Waals surface area contributed by atoms with Crippen LogP contribution in [0.2, 0.25) is 0 Å². The number of hydrogen-bond donors (Lipinski definition) is 1. The summed E-state index contributed by atoms with van der Waals surface area (Å²) in [6, 6.07) is 4.63. The first-order chi connectivity index (χ1) is 8.08. The Morgan fingerprint density at radius 3 is 2.47 bits per heavy atom. The van der Waals surface area contributed by atoms with Gasteiger partial charge in [-0.2, -0.15) is 0 Å². The molecule has 3 nitrogen and oxygen atoms in total. The lowest BCUT2D eigenvalue weighted by molar-refractivity contribution is 0.171. The number of ether oxygens (including phenoxy) is 2. The maximum Gasteiger partial charge on any atom is 0.122 e. The molecule has 1 unspecified atom stereocenters. The van der Waals surface area contributed by atoms with Gasteiger partial charge >= 0.3 is 0 Å². The molecule has 0 amide bonds. The highest BCUT2D eigenvalue weighted by molar-refractivity contribution is 5.41. The first-order valence-corrected chi connectivity index (χ1v) is 5.95. The topological polar surface area (TPSA) is 30.5 Å². The molecule has 0 saturated heterocycles. The second kappa shape index (κ2) is 6.62. The summed E-state index contributed by atoms with van der Waals surface area (Å²) in [4.78, 5) is 0. The lowest BCUT2D eigenvalue weighted by Gasteiger charge is -2.15. The minimum Gasteiger partial charge on any atom is -0.496 e.